The van der Waals surface area contributed by atoms with Crippen LogP contribution in [-0.2, 0) is 21.3 Å². The van der Waals surface area contributed by atoms with Crippen LogP contribution in [0, 0.1) is 0 Å². The predicted octanol–water partition coefficient (Wildman–Crippen LogP) is 1.55. The van der Waals surface area contributed by atoms with Crippen LogP contribution in [0.25, 0.3) is 0 Å². The smallest absolute Gasteiger partial charge is 0.497 e. The van der Waals surface area contributed by atoms with Crippen LogP contribution >= 0.6 is 0 Å². The third-order valence-corrected chi connectivity index (χ3v) is 3.00. The molecule has 0 heterocycles. The van der Waals surface area contributed by atoms with Gasteiger partial charge in [0.25, 0.3) is 0 Å². The second kappa shape index (κ2) is 5.57. The molecule has 1 aromatic rings. The van der Waals surface area contributed by atoms with Crippen molar-refractivity contribution < 1.29 is 40.4 Å². The SMILES string of the molecule is COc1cc(CC(=O)O)cc(OS(=O)(=O)C(F)(F)F)c1. The minimum atomic E-state index is -5.82. The lowest BCUT2D eigenvalue weighted by molar-refractivity contribution is -0.136. The molecule has 0 aliphatic rings. The Bertz CT molecular complexity index is 608. The van der Waals surface area contributed by atoms with Gasteiger partial charge in [0.2, 0.25) is 0 Å². The van der Waals surface area contributed by atoms with E-state index in [1.807, 2.05) is 0 Å². The molecule has 6 nitrogen and oxygen atoms in total. The van der Waals surface area contributed by atoms with Gasteiger partial charge < -0.3 is 14.0 Å². The average molecular weight is 314 g/mol. The Kier molecular flexibility index (Phi) is 4.48. The number of carboxylic acids is 1. The van der Waals surface area contributed by atoms with Crippen molar-refractivity contribution in [2.24, 2.45) is 0 Å². The van der Waals surface area contributed by atoms with E-state index in [4.69, 9.17) is 9.84 Å². The fourth-order valence-electron chi connectivity index (χ4n) is 1.25. The van der Waals surface area contributed by atoms with Gasteiger partial charge in [0.05, 0.1) is 13.5 Å². The Morgan fingerprint density at radius 3 is 2.25 bits per heavy atom. The molecule has 0 spiro atoms. The molecule has 0 saturated carbocycles. The zero-order valence-electron chi connectivity index (χ0n) is 9.97. The zero-order chi connectivity index (χ0) is 15.6. The summed E-state index contributed by atoms with van der Waals surface area (Å²) < 4.78 is 66.9. The van der Waals surface area contributed by atoms with E-state index in [1.54, 1.807) is 0 Å². The number of hydrogen-bond donors (Lipinski definition) is 1. The van der Waals surface area contributed by atoms with Crippen molar-refractivity contribution in [3.63, 3.8) is 0 Å². The van der Waals surface area contributed by atoms with Crippen molar-refractivity contribution in [3.05, 3.63) is 23.8 Å². The van der Waals surface area contributed by atoms with Crippen molar-refractivity contribution in [2.75, 3.05) is 7.11 Å². The van der Waals surface area contributed by atoms with E-state index in [9.17, 15) is 26.4 Å². The number of carbonyl (C=O) groups is 1. The zero-order valence-corrected chi connectivity index (χ0v) is 10.8. The van der Waals surface area contributed by atoms with E-state index in [2.05, 4.69) is 4.18 Å². The van der Waals surface area contributed by atoms with Crippen LogP contribution < -0.4 is 8.92 Å². The minimum Gasteiger partial charge on any atom is -0.497 e. The summed E-state index contributed by atoms with van der Waals surface area (Å²) >= 11 is 0. The number of halogens is 3. The molecule has 0 aliphatic heterocycles. The molecule has 112 valence electrons. The number of rotatable bonds is 5. The molecule has 0 unspecified atom stereocenters. The molecule has 0 radical (unpaired) electrons. The summed E-state index contributed by atoms with van der Waals surface area (Å²) in [7, 11) is -4.64. The van der Waals surface area contributed by atoms with Gasteiger partial charge in [0.1, 0.15) is 11.5 Å². The molecule has 1 N–H and O–H groups in total. The lowest BCUT2D eigenvalue weighted by atomic mass is 10.1. The highest BCUT2D eigenvalue weighted by molar-refractivity contribution is 7.88. The average Bonchev–Trinajstić information content (AvgIpc) is 2.25. The van der Waals surface area contributed by atoms with Gasteiger partial charge in [-0.05, 0) is 17.7 Å². The van der Waals surface area contributed by atoms with Gasteiger partial charge in [-0.3, -0.25) is 4.79 Å². The normalized spacial score (nSPS) is 12.0. The number of carboxylic acid groups (broad SMARTS) is 1. The maximum absolute atomic E-state index is 12.2. The molecule has 0 bridgehead atoms. The van der Waals surface area contributed by atoms with E-state index < -0.39 is 33.8 Å². The van der Waals surface area contributed by atoms with Crippen molar-refractivity contribution in [3.8, 4) is 11.5 Å². The summed E-state index contributed by atoms with van der Waals surface area (Å²) in [5.41, 5.74) is -5.55. The Hall–Kier alpha value is -1.97. The standard InChI is InChI=1S/C10H9F3O6S/c1-18-7-2-6(4-9(14)15)3-8(5-7)19-20(16,17)10(11,12)13/h2-3,5H,4H2,1H3,(H,14,15). The third kappa shape index (κ3) is 4.02. The second-order valence-corrected chi connectivity index (χ2v) is 5.11. The van der Waals surface area contributed by atoms with Crippen molar-refractivity contribution in [1.82, 2.24) is 0 Å². The first-order valence-corrected chi connectivity index (χ1v) is 6.36. The highest BCUT2D eigenvalue weighted by Crippen LogP contribution is 2.30. The quantitative estimate of drug-likeness (QED) is 0.655. The summed E-state index contributed by atoms with van der Waals surface area (Å²) in [6, 6.07) is 3.01. The maximum atomic E-state index is 12.2. The topological polar surface area (TPSA) is 89.9 Å². The predicted molar refractivity (Wildman–Crippen MR) is 59.9 cm³/mol. The van der Waals surface area contributed by atoms with Gasteiger partial charge in [-0.2, -0.15) is 21.6 Å². The van der Waals surface area contributed by atoms with E-state index in [0.29, 0.717) is 0 Å². The molecule has 1 aromatic carbocycles. The first kappa shape index (κ1) is 16.1. The minimum absolute atomic E-state index is 0.0314. The first-order valence-electron chi connectivity index (χ1n) is 4.95. The van der Waals surface area contributed by atoms with Crippen LogP contribution in [0.15, 0.2) is 18.2 Å². The monoisotopic (exact) mass is 314 g/mol. The van der Waals surface area contributed by atoms with Crippen LogP contribution in [0.1, 0.15) is 5.56 Å². The Morgan fingerprint density at radius 2 is 1.80 bits per heavy atom. The third-order valence-electron chi connectivity index (χ3n) is 2.02. The van der Waals surface area contributed by atoms with Crippen molar-refractivity contribution in [1.29, 1.82) is 0 Å². The van der Waals surface area contributed by atoms with Crippen molar-refractivity contribution >= 4 is 16.1 Å². The van der Waals surface area contributed by atoms with Gasteiger partial charge in [0, 0.05) is 6.07 Å². The van der Waals surface area contributed by atoms with Crippen LogP contribution in [0.3, 0.4) is 0 Å². The second-order valence-electron chi connectivity index (χ2n) is 3.57. The van der Waals surface area contributed by atoms with Crippen LogP contribution in [0.5, 0.6) is 11.5 Å². The Morgan fingerprint density at radius 1 is 1.25 bits per heavy atom. The molecular formula is C10H9F3O6S. The highest BCUT2D eigenvalue weighted by atomic mass is 32.2. The van der Waals surface area contributed by atoms with Crippen LogP contribution in [-0.4, -0.2) is 32.1 Å². The molecule has 0 atom stereocenters. The van der Waals surface area contributed by atoms with Crippen molar-refractivity contribution in [2.45, 2.75) is 11.9 Å². The molecule has 10 heteroatoms. The summed E-state index contributed by atoms with van der Waals surface area (Å²) in [5, 5.41) is 8.60. The van der Waals surface area contributed by atoms with Gasteiger partial charge in [-0.25, -0.2) is 0 Å². The first-order chi connectivity index (χ1) is 9.05. The van der Waals surface area contributed by atoms with E-state index in [0.717, 1.165) is 12.1 Å². The number of benzene rings is 1. The molecule has 0 saturated heterocycles. The van der Waals surface area contributed by atoms with E-state index in [1.165, 1.54) is 13.2 Å². The van der Waals surface area contributed by atoms with Gasteiger partial charge in [-0.1, -0.05) is 0 Å². The lowest BCUT2D eigenvalue weighted by Gasteiger charge is -2.11. The lowest BCUT2D eigenvalue weighted by Crippen LogP contribution is -2.28. The van der Waals surface area contributed by atoms with Crippen LogP contribution in [0.4, 0.5) is 13.2 Å². The van der Waals surface area contributed by atoms with Gasteiger partial charge in [-0.15, -0.1) is 0 Å². The van der Waals surface area contributed by atoms with E-state index in [-0.39, 0.29) is 11.3 Å². The van der Waals surface area contributed by atoms with E-state index >= 15 is 0 Å². The summed E-state index contributed by atoms with van der Waals surface area (Å²) in [4.78, 5) is 10.5. The number of ether oxygens (including phenoxy) is 1. The van der Waals surface area contributed by atoms with Crippen LogP contribution in [0.2, 0.25) is 0 Å². The number of methoxy groups -OCH3 is 1. The van der Waals surface area contributed by atoms with Gasteiger partial charge in [0.15, 0.2) is 0 Å². The maximum Gasteiger partial charge on any atom is 0.534 e. The fraction of sp³-hybridized carbons (Fsp3) is 0.300. The highest BCUT2D eigenvalue weighted by Gasteiger charge is 2.48. The molecular weight excluding hydrogens is 305 g/mol. The molecule has 0 aromatic heterocycles. The molecule has 0 amide bonds. The van der Waals surface area contributed by atoms with Gasteiger partial charge >= 0.3 is 21.6 Å². The Labute approximate surface area is 111 Å². The number of alkyl halides is 3. The summed E-state index contributed by atoms with van der Waals surface area (Å²) in [6.07, 6.45) is -0.528. The summed E-state index contributed by atoms with van der Waals surface area (Å²) in [5.74, 6) is -1.96. The molecule has 20 heavy (non-hydrogen) atoms. The number of hydrogen-bond acceptors (Lipinski definition) is 5. The molecule has 0 fully saturated rings. The molecule has 1 rings (SSSR count). The molecule has 0 aliphatic carbocycles. The summed E-state index contributed by atoms with van der Waals surface area (Å²) in [6.45, 7) is 0. The Balaban J connectivity index is 3.15. The fourth-order valence-corrected chi connectivity index (χ4v) is 1.69. The number of aliphatic carboxylic acids is 1. The largest absolute Gasteiger partial charge is 0.534 e.